The lowest BCUT2D eigenvalue weighted by Crippen LogP contribution is -2.45. The topological polar surface area (TPSA) is 267 Å². The van der Waals surface area contributed by atoms with Crippen molar-refractivity contribution in [3.8, 4) is 0 Å². The first-order chi connectivity index (χ1) is 49.6. The molecule has 27 nitrogen and oxygen atoms in total. The smallest absolute Gasteiger partial charge is 0.322 e. The van der Waals surface area contributed by atoms with E-state index in [9.17, 15) is 81.5 Å². The molecule has 0 radical (unpaired) electrons. The summed E-state index contributed by atoms with van der Waals surface area (Å²) in [5.41, 5.74) is 3.25. The molecule has 570 valence electrons. The van der Waals surface area contributed by atoms with Gasteiger partial charge in [0.1, 0.15) is 90.1 Å². The second-order valence-electron chi connectivity index (χ2n) is 24.8. The Kier molecular flexibility index (Phi) is 25.4. The Balaban J connectivity index is 0.000000169. The van der Waals surface area contributed by atoms with Gasteiger partial charge in [0, 0.05) is 93.4 Å². The molecule has 0 saturated heterocycles. The maximum Gasteiger partial charge on any atom is 0.322 e. The molecule has 3 N–H and O–H groups in total. The SMILES string of the molecule is C[C@@H]1Cc2nn3c(c2CN1C(=O)Nc1cc(Br)c(F)cc1F)C(=O)N(C)O[C@@H](COCC(F)F)C3.C[C@@H]1Cc2nn3c(c2CN1C(=O)Nc1cc(Br)c(F)cc1F)C(=O)N(C)O[C@H](COCC(F)F)C3.C[C@@H]1Cc2nn3c(c2CN1C(=O)Nc1cc(Cl)c(F)cc1F)C(=O)N(C)O[C@@H](COCC(F)F)C3. The Labute approximate surface area is 610 Å². The molecule has 105 heavy (non-hydrogen) atoms. The van der Waals surface area contributed by atoms with Crippen LogP contribution in [0.25, 0.3) is 0 Å². The molecule has 6 atom stereocenters. The Morgan fingerprint density at radius 1 is 0.476 bits per heavy atom. The van der Waals surface area contributed by atoms with Crippen molar-refractivity contribution in [3.05, 3.63) is 136 Å². The molecule has 9 amide bonds. The quantitative estimate of drug-likeness (QED) is 0.0637. The average Bonchev–Trinajstić information content (AvgIpc) is 1.63. The van der Waals surface area contributed by atoms with E-state index in [2.05, 4.69) is 63.1 Å². The van der Waals surface area contributed by atoms with Crippen molar-refractivity contribution in [1.82, 2.24) is 59.2 Å². The van der Waals surface area contributed by atoms with Gasteiger partial charge in [-0.05, 0) is 70.8 Å². The first-order valence-electron chi connectivity index (χ1n) is 32.0. The fourth-order valence-corrected chi connectivity index (χ4v) is 13.0. The number of benzene rings is 3. The highest BCUT2D eigenvalue weighted by atomic mass is 79.9. The van der Waals surface area contributed by atoms with Crippen LogP contribution in [0.5, 0.6) is 0 Å². The zero-order chi connectivity index (χ0) is 76.3. The molecule has 6 aromatic rings. The van der Waals surface area contributed by atoms with Crippen molar-refractivity contribution in [2.75, 3.05) is 76.7 Å². The number of nitrogens with zero attached hydrogens (tertiary/aromatic N) is 12. The van der Waals surface area contributed by atoms with Gasteiger partial charge in [-0.3, -0.25) is 42.9 Å². The van der Waals surface area contributed by atoms with Crippen LogP contribution in [-0.4, -0.2) is 212 Å². The molecule has 0 saturated carbocycles. The first-order valence-corrected chi connectivity index (χ1v) is 33.9. The van der Waals surface area contributed by atoms with E-state index in [1.165, 1.54) is 49.9 Å². The van der Waals surface area contributed by atoms with Gasteiger partial charge in [0.2, 0.25) is 0 Å². The van der Waals surface area contributed by atoms with E-state index in [1.54, 1.807) is 20.8 Å². The second-order valence-corrected chi connectivity index (χ2v) is 26.9. The number of carbonyl (C=O) groups excluding carboxylic acids is 6. The molecule has 6 aliphatic heterocycles. The largest absolute Gasteiger partial charge is 0.373 e. The number of urea groups is 3. The van der Waals surface area contributed by atoms with Gasteiger partial charge in [0.15, 0.2) is 0 Å². The number of rotatable bonds is 15. The van der Waals surface area contributed by atoms with Crippen LogP contribution in [0.3, 0.4) is 0 Å². The highest BCUT2D eigenvalue weighted by Crippen LogP contribution is 2.35. The van der Waals surface area contributed by atoms with Crippen LogP contribution in [0.4, 0.5) is 84.1 Å². The lowest BCUT2D eigenvalue weighted by atomic mass is 9.99. The molecule has 6 aliphatic rings. The third-order valence-corrected chi connectivity index (χ3v) is 18.7. The number of carbonyl (C=O) groups is 6. The number of alkyl halides is 6. The highest BCUT2D eigenvalue weighted by Gasteiger charge is 2.42. The van der Waals surface area contributed by atoms with Crippen LogP contribution in [0.15, 0.2) is 45.3 Å². The van der Waals surface area contributed by atoms with Gasteiger partial charge in [-0.1, -0.05) is 11.6 Å². The van der Waals surface area contributed by atoms with Gasteiger partial charge in [-0.15, -0.1) is 0 Å². The van der Waals surface area contributed by atoms with Crippen molar-refractivity contribution < 1.29 is 110 Å². The van der Waals surface area contributed by atoms with E-state index in [1.807, 2.05) is 0 Å². The molecule has 0 unspecified atom stereocenters. The van der Waals surface area contributed by atoms with Crippen molar-refractivity contribution in [2.45, 2.75) is 135 Å². The Bertz CT molecular complexity index is 3860. The molecule has 42 heteroatoms. The van der Waals surface area contributed by atoms with Crippen LogP contribution < -0.4 is 16.0 Å². The number of fused-ring (bicyclic) bond motifs is 9. The molecule has 0 fully saturated rings. The highest BCUT2D eigenvalue weighted by molar-refractivity contribution is 9.10. The van der Waals surface area contributed by atoms with E-state index < -0.39 is 128 Å². The van der Waals surface area contributed by atoms with Gasteiger partial charge in [-0.25, -0.2) is 82.3 Å². The summed E-state index contributed by atoms with van der Waals surface area (Å²) < 4.78 is 177. The molecule has 3 aromatic heterocycles. The number of nitrogens with one attached hydrogen (secondary N) is 3. The van der Waals surface area contributed by atoms with E-state index >= 15 is 0 Å². The molecule has 0 aliphatic carbocycles. The summed E-state index contributed by atoms with van der Waals surface area (Å²) in [5.74, 6) is -6.97. The first kappa shape index (κ1) is 79.2. The van der Waals surface area contributed by atoms with E-state index in [0.29, 0.717) is 71.2 Å². The molecule has 3 aromatic carbocycles. The van der Waals surface area contributed by atoms with Crippen LogP contribution in [0, 0.1) is 34.9 Å². The maximum atomic E-state index is 14.2. The van der Waals surface area contributed by atoms with Crippen molar-refractivity contribution in [2.24, 2.45) is 0 Å². The zero-order valence-electron chi connectivity index (χ0n) is 56.2. The van der Waals surface area contributed by atoms with Crippen LogP contribution in [-0.2, 0) is 87.3 Å². The predicted molar refractivity (Wildman–Crippen MR) is 351 cm³/mol. The number of amides is 9. The number of aromatic nitrogens is 6. The Morgan fingerprint density at radius 3 is 1.04 bits per heavy atom. The van der Waals surface area contributed by atoms with Gasteiger partial charge in [-0.2, -0.15) is 15.3 Å². The lowest BCUT2D eigenvalue weighted by Gasteiger charge is -2.33. The third-order valence-electron chi connectivity index (χ3n) is 17.1. The number of hydroxylamine groups is 6. The molecule has 0 bridgehead atoms. The average molecular weight is 1650 g/mol. The standard InChI is InChI=1S/2C21H22BrF4N5O4.C21H22ClF4N5O4/c3*1-10-3-16-12(7-30(10)21(33)27-17-4-13(22)14(23)5-15(17)24)19-20(32)29(2)35-11(6-31(19)28-16)8-34-9-18(25)26/h3*4-5,10-11,18H,3,6-9H2,1-2H3,(H,27,33)/t10-,11+;2*10-,11-/m111/s1. The number of hydrogen-bond donors (Lipinski definition) is 3. The molecule has 12 rings (SSSR count). The van der Waals surface area contributed by atoms with Gasteiger partial charge < -0.3 is 44.9 Å². The van der Waals surface area contributed by atoms with Crippen LogP contribution >= 0.6 is 43.5 Å². The molecule has 9 heterocycles. The van der Waals surface area contributed by atoms with Crippen molar-refractivity contribution >= 4 is 96.3 Å². The minimum absolute atomic E-state index is 0.00772. The molecular formula is C63H66Br2ClF12N15O12. The van der Waals surface area contributed by atoms with Gasteiger partial charge in [0.05, 0.1) is 107 Å². The van der Waals surface area contributed by atoms with Gasteiger partial charge in [0.25, 0.3) is 37.0 Å². The molecular weight excluding hydrogens is 1580 g/mol. The summed E-state index contributed by atoms with van der Waals surface area (Å²) >= 11 is 11.6. The normalized spacial score (nSPS) is 20.1. The number of ether oxygens (including phenoxy) is 3. The van der Waals surface area contributed by atoms with E-state index in [0.717, 1.165) is 33.4 Å². The predicted octanol–water partition coefficient (Wildman–Crippen LogP) is 10.6. The summed E-state index contributed by atoms with van der Waals surface area (Å²) in [6.45, 7) is 2.76. The number of halogens is 15. The third kappa shape index (κ3) is 18.4. The second kappa shape index (κ2) is 33.6. The van der Waals surface area contributed by atoms with Crippen molar-refractivity contribution in [1.29, 1.82) is 0 Å². The fraction of sp³-hybridized carbons (Fsp3) is 0.476. The summed E-state index contributed by atoms with van der Waals surface area (Å²) in [7, 11) is 4.17. The summed E-state index contributed by atoms with van der Waals surface area (Å²) in [4.78, 5) is 98.8. The lowest BCUT2D eigenvalue weighted by molar-refractivity contribution is -0.169. The number of hydrogen-bond acceptors (Lipinski definition) is 15. The molecule has 0 spiro atoms. The summed E-state index contributed by atoms with van der Waals surface area (Å²) in [6.07, 6.45) is -9.15. The van der Waals surface area contributed by atoms with Crippen LogP contribution in [0.2, 0.25) is 5.02 Å². The number of anilines is 3. The van der Waals surface area contributed by atoms with Gasteiger partial charge >= 0.3 is 18.1 Å². The van der Waals surface area contributed by atoms with Crippen LogP contribution in [0.1, 0.15) is 86.0 Å². The van der Waals surface area contributed by atoms with E-state index in [-0.39, 0.29) is 125 Å². The zero-order valence-corrected chi connectivity index (χ0v) is 60.1. The Morgan fingerprint density at radius 2 is 0.752 bits per heavy atom. The van der Waals surface area contributed by atoms with Crippen molar-refractivity contribution in [3.63, 3.8) is 0 Å². The summed E-state index contributed by atoms with van der Waals surface area (Å²) in [5, 5.41) is 23.4. The minimum atomic E-state index is -2.63. The maximum absolute atomic E-state index is 14.2. The Hall–Kier alpha value is -8.32. The van der Waals surface area contributed by atoms with E-state index in [4.69, 9.17) is 40.3 Å². The monoisotopic (exact) mass is 1650 g/mol. The summed E-state index contributed by atoms with van der Waals surface area (Å²) in [6, 6.07) is 2.12. The minimum Gasteiger partial charge on any atom is -0.373 e. The fourth-order valence-electron chi connectivity index (χ4n) is 12.2.